The van der Waals surface area contributed by atoms with E-state index in [-0.39, 0.29) is 17.7 Å². The maximum atomic E-state index is 12.1. The number of rotatable bonds is 6. The lowest BCUT2D eigenvalue weighted by Gasteiger charge is -2.15. The standard InChI is InChI=1S/C15H22ClN3O2/c1-10(5-4-8-17)14(20)18-13-9-11(6-7-12(13)16)15(21)19(2)3/h6-7,9-10H,4-5,8,17H2,1-3H3,(H,18,20). The molecule has 0 heterocycles. The van der Waals surface area contributed by atoms with Crippen LogP contribution in [0.15, 0.2) is 18.2 Å². The zero-order valence-electron chi connectivity index (χ0n) is 12.6. The minimum atomic E-state index is -0.155. The average Bonchev–Trinajstić information content (AvgIpc) is 2.45. The highest BCUT2D eigenvalue weighted by molar-refractivity contribution is 6.33. The Kier molecular flexibility index (Phi) is 6.65. The summed E-state index contributed by atoms with van der Waals surface area (Å²) in [4.78, 5) is 25.5. The lowest BCUT2D eigenvalue weighted by Crippen LogP contribution is -2.23. The maximum absolute atomic E-state index is 12.1. The molecule has 0 aliphatic carbocycles. The van der Waals surface area contributed by atoms with Crippen LogP contribution >= 0.6 is 11.6 Å². The number of benzene rings is 1. The van der Waals surface area contributed by atoms with Crippen molar-refractivity contribution < 1.29 is 9.59 Å². The smallest absolute Gasteiger partial charge is 0.253 e. The molecule has 0 radical (unpaired) electrons. The molecule has 0 aliphatic rings. The molecule has 6 heteroatoms. The fourth-order valence-electron chi connectivity index (χ4n) is 1.82. The van der Waals surface area contributed by atoms with E-state index in [4.69, 9.17) is 17.3 Å². The van der Waals surface area contributed by atoms with Crippen molar-refractivity contribution in [3.8, 4) is 0 Å². The van der Waals surface area contributed by atoms with Crippen molar-refractivity contribution in [3.05, 3.63) is 28.8 Å². The molecule has 1 aromatic carbocycles. The second-order valence-electron chi connectivity index (χ2n) is 5.22. The largest absolute Gasteiger partial charge is 0.345 e. The third kappa shape index (κ3) is 5.02. The van der Waals surface area contributed by atoms with Crippen molar-refractivity contribution in [2.75, 3.05) is 26.0 Å². The van der Waals surface area contributed by atoms with Crippen LogP contribution in [0.4, 0.5) is 5.69 Å². The second kappa shape index (κ2) is 8.00. The zero-order valence-corrected chi connectivity index (χ0v) is 13.4. The third-order valence-corrected chi connectivity index (χ3v) is 3.50. The van der Waals surface area contributed by atoms with Crippen molar-refractivity contribution in [2.24, 2.45) is 11.7 Å². The molecule has 3 N–H and O–H groups in total. The van der Waals surface area contributed by atoms with E-state index in [1.165, 1.54) is 4.90 Å². The van der Waals surface area contributed by atoms with Gasteiger partial charge in [-0.25, -0.2) is 0 Å². The normalized spacial score (nSPS) is 11.9. The summed E-state index contributed by atoms with van der Waals surface area (Å²) in [5.74, 6) is -0.420. The molecule has 0 saturated carbocycles. The summed E-state index contributed by atoms with van der Waals surface area (Å²) >= 11 is 6.07. The molecule has 0 saturated heterocycles. The van der Waals surface area contributed by atoms with E-state index in [0.717, 1.165) is 12.8 Å². The average molecular weight is 312 g/mol. The molecule has 1 atom stereocenters. The highest BCUT2D eigenvalue weighted by Gasteiger charge is 2.16. The van der Waals surface area contributed by atoms with Gasteiger partial charge in [-0.2, -0.15) is 0 Å². The first-order valence-electron chi connectivity index (χ1n) is 6.89. The number of anilines is 1. The second-order valence-corrected chi connectivity index (χ2v) is 5.62. The predicted octanol–water partition coefficient (Wildman–Crippen LogP) is 2.36. The molecule has 5 nitrogen and oxygen atoms in total. The molecule has 0 bridgehead atoms. The number of halogens is 1. The third-order valence-electron chi connectivity index (χ3n) is 3.17. The van der Waals surface area contributed by atoms with Crippen LogP contribution in [0, 0.1) is 5.92 Å². The Morgan fingerprint density at radius 1 is 1.38 bits per heavy atom. The molecule has 1 unspecified atom stereocenters. The minimum absolute atomic E-state index is 0.125. The van der Waals surface area contributed by atoms with E-state index in [0.29, 0.717) is 22.8 Å². The Labute approximate surface area is 130 Å². The zero-order chi connectivity index (χ0) is 16.0. The monoisotopic (exact) mass is 311 g/mol. The Morgan fingerprint density at radius 3 is 2.62 bits per heavy atom. The molecule has 21 heavy (non-hydrogen) atoms. The Hall–Kier alpha value is -1.59. The molecule has 0 fully saturated rings. The highest BCUT2D eigenvalue weighted by Crippen LogP contribution is 2.24. The number of carbonyl (C=O) groups is 2. The van der Waals surface area contributed by atoms with Crippen molar-refractivity contribution in [1.82, 2.24) is 4.90 Å². The van der Waals surface area contributed by atoms with E-state index in [1.54, 1.807) is 32.3 Å². The van der Waals surface area contributed by atoms with Crippen LogP contribution in [0.25, 0.3) is 0 Å². The number of nitrogens with zero attached hydrogens (tertiary/aromatic N) is 1. The van der Waals surface area contributed by atoms with Gasteiger partial charge < -0.3 is 16.0 Å². The van der Waals surface area contributed by atoms with Crippen LogP contribution in [0.1, 0.15) is 30.1 Å². The molecular formula is C15H22ClN3O2. The summed E-state index contributed by atoms with van der Waals surface area (Å²) in [5.41, 5.74) is 6.37. The first kappa shape index (κ1) is 17.5. The van der Waals surface area contributed by atoms with Gasteiger partial charge in [0, 0.05) is 25.6 Å². The van der Waals surface area contributed by atoms with Gasteiger partial charge in [-0.1, -0.05) is 18.5 Å². The van der Waals surface area contributed by atoms with Crippen molar-refractivity contribution in [2.45, 2.75) is 19.8 Å². The topological polar surface area (TPSA) is 75.4 Å². The molecule has 0 aliphatic heterocycles. The van der Waals surface area contributed by atoms with Crippen molar-refractivity contribution in [3.63, 3.8) is 0 Å². The van der Waals surface area contributed by atoms with E-state index in [9.17, 15) is 9.59 Å². The highest BCUT2D eigenvalue weighted by atomic mass is 35.5. The first-order chi connectivity index (χ1) is 9.86. The van der Waals surface area contributed by atoms with E-state index in [1.807, 2.05) is 6.92 Å². The van der Waals surface area contributed by atoms with Gasteiger partial charge in [0.05, 0.1) is 10.7 Å². The Morgan fingerprint density at radius 2 is 2.05 bits per heavy atom. The van der Waals surface area contributed by atoms with Gasteiger partial charge in [-0.15, -0.1) is 0 Å². The van der Waals surface area contributed by atoms with Crippen LogP contribution in [0.2, 0.25) is 5.02 Å². The molecule has 1 rings (SSSR count). The Bertz CT molecular complexity index is 518. The molecule has 2 amide bonds. The number of nitrogens with two attached hydrogens (primary N) is 1. The SMILES string of the molecule is CC(CCCN)C(=O)Nc1cc(C(=O)N(C)C)ccc1Cl. The van der Waals surface area contributed by atoms with E-state index in [2.05, 4.69) is 5.32 Å². The summed E-state index contributed by atoms with van der Waals surface area (Å²) in [6.45, 7) is 2.40. The molecular weight excluding hydrogens is 290 g/mol. The molecule has 116 valence electrons. The molecule has 1 aromatic rings. The van der Waals surface area contributed by atoms with Crippen molar-refractivity contribution in [1.29, 1.82) is 0 Å². The molecule has 0 spiro atoms. The van der Waals surface area contributed by atoms with Crippen molar-refractivity contribution >= 4 is 29.1 Å². The van der Waals surface area contributed by atoms with Gasteiger partial charge in [0.25, 0.3) is 5.91 Å². The predicted molar refractivity (Wildman–Crippen MR) is 85.6 cm³/mol. The van der Waals surface area contributed by atoms with E-state index < -0.39 is 0 Å². The number of hydrogen-bond donors (Lipinski definition) is 2. The summed E-state index contributed by atoms with van der Waals surface area (Å²) in [7, 11) is 3.34. The maximum Gasteiger partial charge on any atom is 0.253 e. The van der Waals surface area contributed by atoms with Gasteiger partial charge in [0.15, 0.2) is 0 Å². The molecule has 0 aromatic heterocycles. The summed E-state index contributed by atoms with van der Waals surface area (Å²) in [5, 5.41) is 3.18. The minimum Gasteiger partial charge on any atom is -0.345 e. The van der Waals surface area contributed by atoms with E-state index >= 15 is 0 Å². The van der Waals surface area contributed by atoms with Crippen LogP contribution in [-0.4, -0.2) is 37.4 Å². The summed E-state index contributed by atoms with van der Waals surface area (Å²) in [6.07, 6.45) is 1.51. The first-order valence-corrected chi connectivity index (χ1v) is 7.26. The lowest BCUT2D eigenvalue weighted by atomic mass is 10.0. The van der Waals surface area contributed by atoms with Crippen LogP contribution in [0.5, 0.6) is 0 Å². The number of hydrogen-bond acceptors (Lipinski definition) is 3. The summed E-state index contributed by atoms with van der Waals surface area (Å²) in [6, 6.07) is 4.84. The van der Waals surface area contributed by atoms with Crippen LogP contribution < -0.4 is 11.1 Å². The van der Waals surface area contributed by atoms with Crippen LogP contribution in [-0.2, 0) is 4.79 Å². The van der Waals surface area contributed by atoms with Gasteiger partial charge >= 0.3 is 0 Å². The van der Waals surface area contributed by atoms with Gasteiger partial charge in [0.1, 0.15) is 0 Å². The van der Waals surface area contributed by atoms with Crippen LogP contribution in [0.3, 0.4) is 0 Å². The number of nitrogens with one attached hydrogen (secondary N) is 1. The quantitative estimate of drug-likeness (QED) is 0.846. The van der Waals surface area contributed by atoms with Gasteiger partial charge in [0.2, 0.25) is 5.91 Å². The Balaban J connectivity index is 2.85. The summed E-state index contributed by atoms with van der Waals surface area (Å²) < 4.78 is 0. The van der Waals surface area contributed by atoms with Gasteiger partial charge in [-0.3, -0.25) is 9.59 Å². The number of carbonyl (C=O) groups excluding carboxylic acids is 2. The number of amides is 2. The fourth-order valence-corrected chi connectivity index (χ4v) is 1.99. The lowest BCUT2D eigenvalue weighted by molar-refractivity contribution is -0.119. The fraction of sp³-hybridized carbons (Fsp3) is 0.467. The van der Waals surface area contributed by atoms with Gasteiger partial charge in [-0.05, 0) is 37.6 Å².